The van der Waals surface area contributed by atoms with Crippen molar-refractivity contribution in [2.75, 3.05) is 13.7 Å². The first-order valence-corrected chi connectivity index (χ1v) is 14.0. The zero-order chi connectivity index (χ0) is 25.8. The predicted molar refractivity (Wildman–Crippen MR) is 142 cm³/mol. The summed E-state index contributed by atoms with van der Waals surface area (Å²) < 4.78 is 10.9. The highest BCUT2D eigenvalue weighted by molar-refractivity contribution is 5.87. The molecule has 0 saturated heterocycles. The number of unbranched alkanes of at least 4 members (excludes halogenated alkanes) is 2. The van der Waals surface area contributed by atoms with Crippen LogP contribution in [0.25, 0.3) is 0 Å². The van der Waals surface area contributed by atoms with E-state index in [1.165, 1.54) is 17.5 Å². The summed E-state index contributed by atoms with van der Waals surface area (Å²) in [6, 6.07) is 6.63. The van der Waals surface area contributed by atoms with Crippen LogP contribution in [0.3, 0.4) is 0 Å². The Hall–Kier alpha value is -1.84. The standard InChI is InChI=1S/C29H42O4.C2H6/c1-28(2,3)27(31)33-16-8-6-7-9-20-18-25(30)29(4)15-14-23-22-13-11-21(32-5)17-19(22)10-12-24(23)26(20)29;1-2/h11,13,17,20,23-24,26H,6-10,12,14-16,18H2,1-5H3;1-2H3. The quantitative estimate of drug-likeness (QED) is 0.297. The molecule has 5 unspecified atom stereocenters. The van der Waals surface area contributed by atoms with Crippen molar-refractivity contribution in [1.82, 2.24) is 0 Å². The van der Waals surface area contributed by atoms with Crippen molar-refractivity contribution in [2.45, 2.75) is 105 Å². The molecule has 1 aromatic carbocycles. The van der Waals surface area contributed by atoms with E-state index in [4.69, 9.17) is 9.47 Å². The summed E-state index contributed by atoms with van der Waals surface area (Å²) in [5, 5.41) is 0. The molecule has 3 aliphatic rings. The molecule has 4 rings (SSSR count). The third kappa shape index (κ3) is 5.78. The summed E-state index contributed by atoms with van der Waals surface area (Å²) in [4.78, 5) is 25.1. The Labute approximate surface area is 213 Å². The fraction of sp³-hybridized carbons (Fsp3) is 0.742. The van der Waals surface area contributed by atoms with Gasteiger partial charge in [-0.2, -0.15) is 0 Å². The lowest BCUT2D eigenvalue weighted by Crippen LogP contribution is -2.44. The lowest BCUT2D eigenvalue weighted by Gasteiger charge is -2.50. The number of methoxy groups -OCH3 is 1. The van der Waals surface area contributed by atoms with Gasteiger partial charge in [0.1, 0.15) is 11.5 Å². The average Bonchev–Trinajstić information content (AvgIpc) is 3.10. The van der Waals surface area contributed by atoms with E-state index in [0.717, 1.165) is 57.1 Å². The molecule has 4 nitrogen and oxygen atoms in total. The van der Waals surface area contributed by atoms with Crippen molar-refractivity contribution < 1.29 is 19.1 Å². The third-order valence-corrected chi connectivity index (χ3v) is 8.84. The van der Waals surface area contributed by atoms with Gasteiger partial charge in [-0.15, -0.1) is 0 Å². The number of benzene rings is 1. The smallest absolute Gasteiger partial charge is 0.311 e. The van der Waals surface area contributed by atoms with Crippen LogP contribution >= 0.6 is 0 Å². The number of Topliss-reactive ketones (excluding diaryl/α,β-unsaturated/α-hetero) is 1. The van der Waals surface area contributed by atoms with Crippen LogP contribution in [-0.2, 0) is 20.7 Å². The lowest BCUT2D eigenvalue weighted by molar-refractivity contribution is -0.153. The van der Waals surface area contributed by atoms with E-state index in [1.807, 2.05) is 34.6 Å². The molecule has 0 N–H and O–H groups in total. The van der Waals surface area contributed by atoms with Gasteiger partial charge < -0.3 is 9.47 Å². The monoisotopic (exact) mass is 484 g/mol. The van der Waals surface area contributed by atoms with Crippen molar-refractivity contribution in [3.05, 3.63) is 29.3 Å². The molecular formula is C31H48O4. The van der Waals surface area contributed by atoms with Gasteiger partial charge in [-0.3, -0.25) is 9.59 Å². The van der Waals surface area contributed by atoms with E-state index in [-0.39, 0.29) is 11.4 Å². The highest BCUT2D eigenvalue weighted by atomic mass is 16.5. The molecule has 1 aromatic rings. The van der Waals surface area contributed by atoms with Crippen LogP contribution in [-0.4, -0.2) is 25.5 Å². The van der Waals surface area contributed by atoms with Crippen LogP contribution < -0.4 is 4.74 Å². The average molecular weight is 485 g/mol. The van der Waals surface area contributed by atoms with Crippen LogP contribution in [0, 0.1) is 28.6 Å². The van der Waals surface area contributed by atoms with Crippen LogP contribution in [0.4, 0.5) is 0 Å². The van der Waals surface area contributed by atoms with Gasteiger partial charge in [0.2, 0.25) is 0 Å². The number of esters is 1. The van der Waals surface area contributed by atoms with Crippen molar-refractivity contribution in [3.63, 3.8) is 0 Å². The van der Waals surface area contributed by atoms with Crippen molar-refractivity contribution in [2.24, 2.45) is 28.6 Å². The molecule has 0 amide bonds. The predicted octanol–water partition coefficient (Wildman–Crippen LogP) is 7.52. The summed E-state index contributed by atoms with van der Waals surface area (Å²) in [5.74, 6) is 3.57. The Morgan fingerprint density at radius 2 is 1.86 bits per heavy atom. The Balaban J connectivity index is 0.00000167. The van der Waals surface area contributed by atoms with Gasteiger partial charge in [-0.05, 0) is 106 Å². The van der Waals surface area contributed by atoms with E-state index in [0.29, 0.717) is 36.1 Å². The van der Waals surface area contributed by atoms with Crippen LogP contribution in [0.5, 0.6) is 5.75 Å². The zero-order valence-electron chi connectivity index (χ0n) is 23.2. The first-order valence-electron chi connectivity index (χ1n) is 14.0. The van der Waals surface area contributed by atoms with Gasteiger partial charge in [0, 0.05) is 11.8 Å². The van der Waals surface area contributed by atoms with Gasteiger partial charge in [0.15, 0.2) is 0 Å². The summed E-state index contributed by atoms with van der Waals surface area (Å²) in [6.07, 6.45) is 9.42. The molecule has 196 valence electrons. The highest BCUT2D eigenvalue weighted by Gasteiger charge is 2.58. The molecule has 5 atom stereocenters. The molecule has 0 radical (unpaired) electrons. The molecule has 3 aliphatic carbocycles. The SMILES string of the molecule is CC.COc1ccc2c(c1)CCC1C2CCC2(C)C(=O)CC(CCCCCOC(=O)C(C)(C)C)C12. The normalized spacial score (nSPS) is 29.3. The third-order valence-electron chi connectivity index (χ3n) is 8.84. The Kier molecular flexibility index (Phi) is 9.10. The Morgan fingerprint density at radius 3 is 2.54 bits per heavy atom. The number of carbonyl (C=O) groups excluding carboxylic acids is 2. The minimum Gasteiger partial charge on any atom is -0.497 e. The first-order chi connectivity index (χ1) is 16.6. The van der Waals surface area contributed by atoms with Gasteiger partial charge in [-0.25, -0.2) is 0 Å². The minimum absolute atomic E-state index is 0.122. The molecule has 0 bridgehead atoms. The van der Waals surface area contributed by atoms with E-state index >= 15 is 0 Å². The molecule has 0 heterocycles. The maximum atomic E-state index is 13.2. The van der Waals surface area contributed by atoms with E-state index in [9.17, 15) is 9.59 Å². The fourth-order valence-electron chi connectivity index (χ4n) is 7.08. The molecule has 0 aromatic heterocycles. The van der Waals surface area contributed by atoms with Crippen molar-refractivity contribution in [3.8, 4) is 5.75 Å². The largest absolute Gasteiger partial charge is 0.497 e. The van der Waals surface area contributed by atoms with E-state index < -0.39 is 5.41 Å². The zero-order valence-corrected chi connectivity index (χ0v) is 23.2. The Morgan fingerprint density at radius 1 is 1.11 bits per heavy atom. The van der Waals surface area contributed by atoms with Crippen LogP contribution in [0.1, 0.15) is 110 Å². The number of fused-ring (bicyclic) bond motifs is 5. The molecule has 35 heavy (non-hydrogen) atoms. The summed E-state index contributed by atoms with van der Waals surface area (Å²) in [7, 11) is 1.74. The topological polar surface area (TPSA) is 52.6 Å². The number of ketones is 1. The number of hydrogen-bond donors (Lipinski definition) is 0. The summed E-state index contributed by atoms with van der Waals surface area (Å²) in [5.41, 5.74) is 2.39. The second kappa shape index (κ2) is 11.5. The second-order valence-corrected chi connectivity index (χ2v) is 12.0. The second-order valence-electron chi connectivity index (χ2n) is 12.0. The molecule has 0 aliphatic heterocycles. The van der Waals surface area contributed by atoms with E-state index in [2.05, 4.69) is 25.1 Å². The summed E-state index contributed by atoms with van der Waals surface area (Å²) in [6.45, 7) is 12.4. The van der Waals surface area contributed by atoms with Gasteiger partial charge in [0.25, 0.3) is 0 Å². The number of hydrogen-bond acceptors (Lipinski definition) is 4. The minimum atomic E-state index is -0.435. The van der Waals surface area contributed by atoms with Crippen LogP contribution in [0.15, 0.2) is 18.2 Å². The number of carbonyl (C=O) groups is 2. The van der Waals surface area contributed by atoms with Gasteiger partial charge in [-0.1, -0.05) is 39.7 Å². The molecular weight excluding hydrogens is 436 g/mol. The first kappa shape index (κ1) is 27.7. The Bertz CT molecular complexity index is 882. The number of ether oxygens (including phenoxy) is 2. The highest BCUT2D eigenvalue weighted by Crippen LogP contribution is 2.62. The maximum absolute atomic E-state index is 13.2. The van der Waals surface area contributed by atoms with Gasteiger partial charge >= 0.3 is 5.97 Å². The molecule has 0 spiro atoms. The summed E-state index contributed by atoms with van der Waals surface area (Å²) >= 11 is 0. The molecule has 2 fully saturated rings. The van der Waals surface area contributed by atoms with E-state index in [1.54, 1.807) is 7.11 Å². The fourth-order valence-corrected chi connectivity index (χ4v) is 7.08. The molecule has 4 heteroatoms. The molecule has 2 saturated carbocycles. The number of aryl methyl sites for hydroxylation is 1. The maximum Gasteiger partial charge on any atom is 0.311 e. The van der Waals surface area contributed by atoms with Crippen molar-refractivity contribution >= 4 is 11.8 Å². The number of rotatable bonds is 7. The van der Waals surface area contributed by atoms with Crippen molar-refractivity contribution in [1.29, 1.82) is 0 Å². The van der Waals surface area contributed by atoms with Gasteiger partial charge in [0.05, 0.1) is 19.1 Å². The van der Waals surface area contributed by atoms with Crippen LogP contribution in [0.2, 0.25) is 0 Å². The lowest BCUT2D eigenvalue weighted by atomic mass is 9.54.